The Balaban J connectivity index is 2.38. The van der Waals surface area contributed by atoms with Gasteiger partial charge in [0.2, 0.25) is 0 Å². The molecule has 0 unspecified atom stereocenters. The minimum absolute atomic E-state index is 0.235. The van der Waals surface area contributed by atoms with Crippen molar-refractivity contribution in [2.24, 2.45) is 0 Å². The van der Waals surface area contributed by atoms with Crippen LogP contribution >= 0.6 is 0 Å². The smallest absolute Gasteiger partial charge is 0.330 e. The van der Waals surface area contributed by atoms with E-state index in [1.165, 1.54) is 0 Å². The lowest BCUT2D eigenvalue weighted by Crippen LogP contribution is -2.53. The van der Waals surface area contributed by atoms with Crippen LogP contribution in [0.1, 0.15) is 27.7 Å². The molecule has 0 atom stereocenters. The number of nitrogens with zero attached hydrogens (tertiary/aromatic N) is 2. The average molecular weight is 240 g/mol. The van der Waals surface area contributed by atoms with Crippen molar-refractivity contribution in [3.05, 3.63) is 11.6 Å². The maximum absolute atomic E-state index is 10.7. The van der Waals surface area contributed by atoms with Gasteiger partial charge in [-0.25, -0.2) is 4.79 Å². The monoisotopic (exact) mass is 240 g/mol. The van der Waals surface area contributed by atoms with Gasteiger partial charge in [-0.1, -0.05) is 6.08 Å². The molecule has 0 bridgehead atoms. The fourth-order valence-electron chi connectivity index (χ4n) is 1.95. The predicted octanol–water partition coefficient (Wildman–Crippen LogP) is 1.43. The SMILES string of the molecule is CC(=CCN1CCN(C(C)(C)C)CC1)C(=O)O. The first kappa shape index (κ1) is 14.2. The molecule has 1 saturated heterocycles. The molecule has 0 saturated carbocycles. The molecule has 1 fully saturated rings. The maximum Gasteiger partial charge on any atom is 0.330 e. The Morgan fingerprint density at radius 2 is 1.76 bits per heavy atom. The van der Waals surface area contributed by atoms with Crippen LogP contribution < -0.4 is 0 Å². The third kappa shape index (κ3) is 4.48. The number of rotatable bonds is 3. The Bertz CT molecular complexity index is 297. The van der Waals surface area contributed by atoms with Gasteiger partial charge in [-0.15, -0.1) is 0 Å². The van der Waals surface area contributed by atoms with Gasteiger partial charge in [-0.3, -0.25) is 9.80 Å². The lowest BCUT2D eigenvalue weighted by Gasteiger charge is -2.42. The Kier molecular flexibility index (Phi) is 4.71. The zero-order chi connectivity index (χ0) is 13.1. The number of hydrogen-bond donors (Lipinski definition) is 1. The number of carboxylic acids is 1. The minimum Gasteiger partial charge on any atom is -0.478 e. The molecular formula is C13H24N2O2. The van der Waals surface area contributed by atoms with Crippen molar-refractivity contribution in [1.29, 1.82) is 0 Å². The van der Waals surface area contributed by atoms with Crippen molar-refractivity contribution in [1.82, 2.24) is 9.80 Å². The summed E-state index contributed by atoms with van der Waals surface area (Å²) in [5.74, 6) is -0.821. The largest absolute Gasteiger partial charge is 0.478 e. The molecule has 1 rings (SSSR count). The normalized spacial score (nSPS) is 20.6. The molecule has 4 nitrogen and oxygen atoms in total. The molecule has 1 heterocycles. The van der Waals surface area contributed by atoms with E-state index in [0.717, 1.165) is 32.7 Å². The molecule has 0 aromatic heterocycles. The Labute approximate surface area is 104 Å². The fourth-order valence-corrected chi connectivity index (χ4v) is 1.95. The van der Waals surface area contributed by atoms with Crippen LogP contribution in [0.2, 0.25) is 0 Å². The summed E-state index contributed by atoms with van der Waals surface area (Å²) in [6.07, 6.45) is 1.80. The highest BCUT2D eigenvalue weighted by Gasteiger charge is 2.25. The highest BCUT2D eigenvalue weighted by atomic mass is 16.4. The van der Waals surface area contributed by atoms with Gasteiger partial charge in [0.1, 0.15) is 0 Å². The second-order valence-electron chi connectivity index (χ2n) is 5.65. The summed E-state index contributed by atoms with van der Waals surface area (Å²) in [6.45, 7) is 13.2. The van der Waals surface area contributed by atoms with Crippen LogP contribution in [0.5, 0.6) is 0 Å². The van der Waals surface area contributed by atoms with E-state index >= 15 is 0 Å². The van der Waals surface area contributed by atoms with Crippen molar-refractivity contribution in [2.45, 2.75) is 33.2 Å². The molecule has 0 aromatic rings. The average Bonchev–Trinajstić information content (AvgIpc) is 2.25. The first-order valence-electron chi connectivity index (χ1n) is 6.18. The molecule has 0 aromatic carbocycles. The Morgan fingerprint density at radius 3 is 2.18 bits per heavy atom. The van der Waals surface area contributed by atoms with Gasteiger partial charge < -0.3 is 5.11 Å². The van der Waals surface area contributed by atoms with Gasteiger partial charge >= 0.3 is 5.97 Å². The zero-order valence-electron chi connectivity index (χ0n) is 11.4. The second kappa shape index (κ2) is 5.65. The van der Waals surface area contributed by atoms with Crippen molar-refractivity contribution in [2.75, 3.05) is 32.7 Å². The van der Waals surface area contributed by atoms with Crippen LogP contribution in [0.3, 0.4) is 0 Å². The standard InChI is InChI=1S/C13H24N2O2/c1-11(12(16)17)5-6-14-7-9-15(10-8-14)13(2,3)4/h5H,6-10H2,1-4H3,(H,16,17). The topological polar surface area (TPSA) is 43.8 Å². The van der Waals surface area contributed by atoms with Gasteiger partial charge in [0.05, 0.1) is 0 Å². The maximum atomic E-state index is 10.7. The van der Waals surface area contributed by atoms with Crippen LogP contribution in [-0.2, 0) is 4.79 Å². The molecule has 4 heteroatoms. The van der Waals surface area contributed by atoms with E-state index < -0.39 is 5.97 Å². The third-order valence-corrected chi connectivity index (χ3v) is 3.31. The Morgan fingerprint density at radius 1 is 1.24 bits per heavy atom. The molecule has 17 heavy (non-hydrogen) atoms. The first-order valence-corrected chi connectivity index (χ1v) is 6.18. The molecule has 1 aliphatic heterocycles. The minimum atomic E-state index is -0.821. The van der Waals surface area contributed by atoms with Crippen LogP contribution in [0.4, 0.5) is 0 Å². The van der Waals surface area contributed by atoms with Crippen LogP contribution in [0.25, 0.3) is 0 Å². The predicted molar refractivity (Wildman–Crippen MR) is 69.2 cm³/mol. The Hall–Kier alpha value is -0.870. The van der Waals surface area contributed by atoms with Gasteiger partial charge in [0, 0.05) is 43.8 Å². The highest BCUT2D eigenvalue weighted by Crippen LogP contribution is 2.15. The first-order chi connectivity index (χ1) is 7.80. The zero-order valence-corrected chi connectivity index (χ0v) is 11.4. The van der Waals surface area contributed by atoms with E-state index in [2.05, 4.69) is 30.6 Å². The lowest BCUT2D eigenvalue weighted by atomic mass is 10.0. The van der Waals surface area contributed by atoms with Crippen molar-refractivity contribution < 1.29 is 9.90 Å². The molecule has 0 amide bonds. The summed E-state index contributed by atoms with van der Waals surface area (Å²) in [7, 11) is 0. The van der Waals surface area contributed by atoms with Gasteiger partial charge in [0.15, 0.2) is 0 Å². The fraction of sp³-hybridized carbons (Fsp3) is 0.769. The third-order valence-electron chi connectivity index (χ3n) is 3.31. The van der Waals surface area contributed by atoms with Gasteiger partial charge in [-0.05, 0) is 27.7 Å². The number of carbonyl (C=O) groups is 1. The van der Waals surface area contributed by atoms with Crippen molar-refractivity contribution >= 4 is 5.97 Å². The quantitative estimate of drug-likeness (QED) is 0.758. The summed E-state index contributed by atoms with van der Waals surface area (Å²) >= 11 is 0. The van der Waals surface area contributed by atoms with Crippen LogP contribution in [-0.4, -0.2) is 59.1 Å². The summed E-state index contributed by atoms with van der Waals surface area (Å²) < 4.78 is 0. The summed E-state index contributed by atoms with van der Waals surface area (Å²) in [5, 5.41) is 8.77. The number of piperazine rings is 1. The molecule has 0 radical (unpaired) electrons. The molecule has 98 valence electrons. The lowest BCUT2D eigenvalue weighted by molar-refractivity contribution is -0.132. The second-order valence-corrected chi connectivity index (χ2v) is 5.65. The van der Waals surface area contributed by atoms with E-state index in [1.54, 1.807) is 13.0 Å². The van der Waals surface area contributed by atoms with Gasteiger partial charge in [-0.2, -0.15) is 0 Å². The van der Waals surface area contributed by atoms with E-state index in [9.17, 15) is 4.79 Å². The molecule has 0 aliphatic carbocycles. The van der Waals surface area contributed by atoms with Crippen LogP contribution in [0.15, 0.2) is 11.6 Å². The molecule has 1 aliphatic rings. The summed E-state index contributed by atoms with van der Waals surface area (Å²) in [5.41, 5.74) is 0.669. The number of aliphatic carboxylic acids is 1. The van der Waals surface area contributed by atoms with E-state index in [-0.39, 0.29) is 5.54 Å². The van der Waals surface area contributed by atoms with Gasteiger partial charge in [0.25, 0.3) is 0 Å². The van der Waals surface area contributed by atoms with Crippen molar-refractivity contribution in [3.63, 3.8) is 0 Å². The summed E-state index contributed by atoms with van der Waals surface area (Å²) in [6, 6.07) is 0. The van der Waals surface area contributed by atoms with E-state index in [4.69, 9.17) is 5.11 Å². The number of hydrogen-bond acceptors (Lipinski definition) is 3. The molecular weight excluding hydrogens is 216 g/mol. The van der Waals surface area contributed by atoms with E-state index in [0.29, 0.717) is 5.57 Å². The van der Waals surface area contributed by atoms with Crippen LogP contribution in [0, 0.1) is 0 Å². The van der Waals surface area contributed by atoms with E-state index in [1.807, 2.05) is 0 Å². The highest BCUT2D eigenvalue weighted by molar-refractivity contribution is 5.85. The molecule has 0 spiro atoms. The molecule has 1 N–H and O–H groups in total. The van der Waals surface area contributed by atoms with Crippen molar-refractivity contribution in [3.8, 4) is 0 Å². The summed E-state index contributed by atoms with van der Waals surface area (Å²) in [4.78, 5) is 15.4. The number of carboxylic acid groups (broad SMARTS) is 1.